The third-order valence-electron chi connectivity index (χ3n) is 3.05. The topological polar surface area (TPSA) is 20.3 Å². The molecule has 0 unspecified atom stereocenters. The number of hydrogen-bond acceptors (Lipinski definition) is 3. The zero-order valence-corrected chi connectivity index (χ0v) is 13.5. The Morgan fingerprint density at radius 2 is 1.95 bits per heavy atom. The fourth-order valence-electron chi connectivity index (χ4n) is 2.04. The summed E-state index contributed by atoms with van der Waals surface area (Å²) in [5.41, 5.74) is 1.16. The van der Waals surface area contributed by atoms with Gasteiger partial charge in [-0.3, -0.25) is 9.69 Å². The van der Waals surface area contributed by atoms with Crippen molar-refractivity contribution < 1.29 is 9.18 Å². The lowest BCUT2D eigenvalue weighted by molar-refractivity contribution is -0.113. The molecule has 0 N–H and O–H groups in total. The van der Waals surface area contributed by atoms with Crippen molar-refractivity contribution in [2.45, 2.75) is 0 Å². The van der Waals surface area contributed by atoms with Crippen LogP contribution in [0, 0.1) is 5.82 Å². The number of hydrogen-bond donors (Lipinski definition) is 0. The molecular formula is C16H9ClFNOS2. The van der Waals surface area contributed by atoms with Crippen molar-refractivity contribution in [1.82, 2.24) is 0 Å². The standard InChI is InChI=1S/C16H9ClFNOS2/c17-13-7-2-1-4-10(13)8-14-15(20)19(16(21)22-14)12-6-3-5-11(18)9-12/h1-9H/b14-8-. The number of rotatable bonds is 2. The molecule has 0 bridgehead atoms. The number of halogens is 2. The van der Waals surface area contributed by atoms with E-state index in [4.69, 9.17) is 23.8 Å². The van der Waals surface area contributed by atoms with E-state index in [2.05, 4.69) is 0 Å². The van der Waals surface area contributed by atoms with Crippen molar-refractivity contribution in [3.05, 3.63) is 69.8 Å². The van der Waals surface area contributed by atoms with Crippen LogP contribution in [-0.4, -0.2) is 10.2 Å². The van der Waals surface area contributed by atoms with E-state index < -0.39 is 5.82 Å². The van der Waals surface area contributed by atoms with Crippen LogP contribution in [0.3, 0.4) is 0 Å². The number of thioether (sulfide) groups is 1. The van der Waals surface area contributed by atoms with Gasteiger partial charge in [0.25, 0.3) is 5.91 Å². The minimum Gasteiger partial charge on any atom is -0.268 e. The van der Waals surface area contributed by atoms with E-state index in [0.717, 1.165) is 5.56 Å². The Hall–Kier alpha value is -1.69. The molecule has 1 amide bonds. The highest BCUT2D eigenvalue weighted by molar-refractivity contribution is 8.27. The van der Waals surface area contributed by atoms with E-state index >= 15 is 0 Å². The Kier molecular flexibility index (Phi) is 4.29. The van der Waals surface area contributed by atoms with Gasteiger partial charge in [0.05, 0.1) is 10.6 Å². The summed E-state index contributed by atoms with van der Waals surface area (Å²) in [6.07, 6.45) is 1.70. The summed E-state index contributed by atoms with van der Waals surface area (Å²) in [6.45, 7) is 0. The number of amides is 1. The SMILES string of the molecule is O=C1/C(=C/c2ccccc2Cl)SC(=S)N1c1cccc(F)c1. The van der Waals surface area contributed by atoms with Gasteiger partial charge in [0.1, 0.15) is 5.82 Å². The number of anilines is 1. The van der Waals surface area contributed by atoms with E-state index in [1.54, 1.807) is 24.3 Å². The molecule has 0 aliphatic carbocycles. The van der Waals surface area contributed by atoms with Crippen LogP contribution in [-0.2, 0) is 4.79 Å². The van der Waals surface area contributed by atoms with Gasteiger partial charge in [-0.05, 0) is 35.9 Å². The largest absolute Gasteiger partial charge is 0.270 e. The number of carbonyl (C=O) groups is 1. The number of nitrogens with zero attached hydrogens (tertiary/aromatic N) is 1. The predicted molar refractivity (Wildman–Crippen MR) is 93.5 cm³/mol. The molecule has 0 saturated carbocycles. The Bertz CT molecular complexity index is 806. The Labute approximate surface area is 141 Å². The number of carbonyl (C=O) groups excluding carboxylic acids is 1. The Morgan fingerprint density at radius 1 is 1.18 bits per heavy atom. The van der Waals surface area contributed by atoms with Crippen LogP contribution in [0.15, 0.2) is 53.4 Å². The molecule has 1 heterocycles. The highest BCUT2D eigenvalue weighted by atomic mass is 35.5. The van der Waals surface area contributed by atoms with E-state index in [1.807, 2.05) is 18.2 Å². The lowest BCUT2D eigenvalue weighted by Gasteiger charge is -2.14. The van der Waals surface area contributed by atoms with Gasteiger partial charge in [-0.1, -0.05) is 59.8 Å². The Morgan fingerprint density at radius 3 is 2.68 bits per heavy atom. The predicted octanol–water partition coefficient (Wildman–Crippen LogP) is 4.88. The van der Waals surface area contributed by atoms with Gasteiger partial charge in [0.2, 0.25) is 0 Å². The molecule has 3 rings (SSSR count). The van der Waals surface area contributed by atoms with Crippen LogP contribution in [0.5, 0.6) is 0 Å². The molecule has 2 aromatic rings. The van der Waals surface area contributed by atoms with E-state index in [9.17, 15) is 9.18 Å². The van der Waals surface area contributed by atoms with Crippen molar-refractivity contribution in [3.63, 3.8) is 0 Å². The summed E-state index contributed by atoms with van der Waals surface area (Å²) in [6, 6.07) is 13.0. The summed E-state index contributed by atoms with van der Waals surface area (Å²) in [5, 5.41) is 0.554. The molecular weight excluding hydrogens is 341 g/mol. The lowest BCUT2D eigenvalue weighted by atomic mass is 10.2. The van der Waals surface area contributed by atoms with Gasteiger partial charge in [0, 0.05) is 5.02 Å². The second kappa shape index (κ2) is 6.20. The van der Waals surface area contributed by atoms with Crippen molar-refractivity contribution >= 4 is 57.6 Å². The van der Waals surface area contributed by atoms with Gasteiger partial charge in [-0.2, -0.15) is 0 Å². The first-order valence-electron chi connectivity index (χ1n) is 6.34. The third-order valence-corrected chi connectivity index (χ3v) is 4.70. The minimum absolute atomic E-state index is 0.277. The van der Waals surface area contributed by atoms with Crippen LogP contribution in [0.4, 0.5) is 10.1 Å². The van der Waals surface area contributed by atoms with Crippen LogP contribution in [0.25, 0.3) is 6.08 Å². The van der Waals surface area contributed by atoms with E-state index in [0.29, 0.717) is 19.9 Å². The first kappa shape index (κ1) is 15.2. The van der Waals surface area contributed by atoms with Gasteiger partial charge in [-0.15, -0.1) is 0 Å². The molecule has 0 radical (unpaired) electrons. The Balaban J connectivity index is 1.97. The fraction of sp³-hybridized carbons (Fsp3) is 0. The molecule has 1 aliphatic rings. The molecule has 0 aromatic heterocycles. The summed E-state index contributed by atoms with van der Waals surface area (Å²) in [5.74, 6) is -0.692. The van der Waals surface area contributed by atoms with Crippen molar-refractivity contribution in [3.8, 4) is 0 Å². The summed E-state index contributed by atoms with van der Waals surface area (Å²) >= 11 is 12.5. The average molecular weight is 350 g/mol. The highest BCUT2D eigenvalue weighted by Gasteiger charge is 2.33. The molecule has 0 atom stereocenters. The van der Waals surface area contributed by atoms with Crippen molar-refractivity contribution in [1.29, 1.82) is 0 Å². The van der Waals surface area contributed by atoms with Gasteiger partial charge in [0.15, 0.2) is 4.32 Å². The first-order valence-corrected chi connectivity index (χ1v) is 7.94. The van der Waals surface area contributed by atoms with E-state index in [-0.39, 0.29) is 5.91 Å². The maximum absolute atomic E-state index is 13.4. The third kappa shape index (κ3) is 2.92. The number of thiocarbonyl (C=S) groups is 1. The second-order valence-corrected chi connectivity index (χ2v) is 6.60. The smallest absolute Gasteiger partial charge is 0.268 e. The minimum atomic E-state index is -0.415. The first-order chi connectivity index (χ1) is 10.6. The maximum atomic E-state index is 13.4. The molecule has 2 nitrogen and oxygen atoms in total. The van der Waals surface area contributed by atoms with Crippen LogP contribution >= 0.6 is 35.6 Å². The lowest BCUT2D eigenvalue weighted by Crippen LogP contribution is -2.27. The zero-order valence-electron chi connectivity index (χ0n) is 11.1. The van der Waals surface area contributed by atoms with Gasteiger partial charge < -0.3 is 0 Å². The normalized spacial score (nSPS) is 16.6. The summed E-state index contributed by atoms with van der Waals surface area (Å²) in [4.78, 5) is 14.3. The van der Waals surface area contributed by atoms with Gasteiger partial charge >= 0.3 is 0 Å². The van der Waals surface area contributed by atoms with Crippen LogP contribution in [0.2, 0.25) is 5.02 Å². The molecule has 22 heavy (non-hydrogen) atoms. The van der Waals surface area contributed by atoms with Crippen molar-refractivity contribution in [2.24, 2.45) is 0 Å². The van der Waals surface area contributed by atoms with Gasteiger partial charge in [-0.25, -0.2) is 4.39 Å². The summed E-state index contributed by atoms with van der Waals surface area (Å²) in [7, 11) is 0. The fourth-order valence-corrected chi connectivity index (χ4v) is 3.52. The average Bonchev–Trinajstić information content (AvgIpc) is 2.76. The maximum Gasteiger partial charge on any atom is 0.270 e. The molecule has 110 valence electrons. The zero-order chi connectivity index (χ0) is 15.7. The van der Waals surface area contributed by atoms with Crippen LogP contribution < -0.4 is 4.90 Å². The quantitative estimate of drug-likeness (QED) is 0.569. The monoisotopic (exact) mass is 349 g/mol. The second-order valence-electron chi connectivity index (χ2n) is 4.52. The highest BCUT2D eigenvalue weighted by Crippen LogP contribution is 2.36. The molecule has 0 spiro atoms. The molecule has 6 heteroatoms. The molecule has 2 aromatic carbocycles. The van der Waals surface area contributed by atoms with Crippen LogP contribution in [0.1, 0.15) is 5.56 Å². The van der Waals surface area contributed by atoms with E-state index in [1.165, 1.54) is 28.8 Å². The van der Waals surface area contributed by atoms with Crippen molar-refractivity contribution in [2.75, 3.05) is 4.90 Å². The number of benzene rings is 2. The summed E-state index contributed by atoms with van der Waals surface area (Å²) < 4.78 is 13.7. The molecule has 1 fully saturated rings. The molecule has 1 aliphatic heterocycles. The molecule has 1 saturated heterocycles.